The van der Waals surface area contributed by atoms with Gasteiger partial charge in [-0.3, -0.25) is 0 Å². The Hall–Kier alpha value is -1.27. The summed E-state index contributed by atoms with van der Waals surface area (Å²) in [5, 5.41) is 10.9. The molecule has 3 atom stereocenters. The zero-order chi connectivity index (χ0) is 16.7. The first-order chi connectivity index (χ1) is 10.8. The fourth-order valence-corrected chi connectivity index (χ4v) is 4.12. The lowest BCUT2D eigenvalue weighted by atomic mass is 9.58. The maximum atomic E-state index is 12.3. The van der Waals surface area contributed by atoms with Gasteiger partial charge in [0.2, 0.25) is 0 Å². The topological polar surface area (TPSA) is 55.5 Å². The fraction of sp³-hybridized carbons (Fsp3) is 0.647. The van der Waals surface area contributed by atoms with Crippen LogP contribution < -0.4 is 10.5 Å². The van der Waals surface area contributed by atoms with Crippen LogP contribution in [0.3, 0.4) is 0 Å². The number of hydrogen-bond acceptors (Lipinski definition) is 3. The van der Waals surface area contributed by atoms with Gasteiger partial charge in [0, 0.05) is 17.4 Å². The van der Waals surface area contributed by atoms with E-state index in [0.29, 0.717) is 0 Å². The molecular formula is C17H22F3NO2. The molecule has 3 rings (SSSR count). The van der Waals surface area contributed by atoms with Gasteiger partial charge in [-0.05, 0) is 43.4 Å². The molecule has 0 unspecified atom stereocenters. The van der Waals surface area contributed by atoms with Crippen LogP contribution in [0.25, 0.3) is 0 Å². The minimum Gasteiger partial charge on any atom is -0.406 e. The highest BCUT2D eigenvalue weighted by Gasteiger charge is 2.49. The molecule has 0 amide bonds. The Morgan fingerprint density at radius 3 is 2.22 bits per heavy atom. The number of nitrogens with two attached hydrogens (primary N) is 1. The second kappa shape index (κ2) is 5.98. The number of aliphatic hydroxyl groups excluding tert-OH is 1. The molecule has 0 heterocycles. The van der Waals surface area contributed by atoms with E-state index >= 15 is 0 Å². The number of aliphatic hydroxyl groups is 1. The highest BCUT2D eigenvalue weighted by Crippen LogP contribution is 2.50. The summed E-state index contributed by atoms with van der Waals surface area (Å²) in [6.07, 6.45) is 0.342. The third-order valence-electron chi connectivity index (χ3n) is 5.51. The summed E-state index contributed by atoms with van der Waals surface area (Å²) in [4.78, 5) is 0. The number of hydrogen-bond donors (Lipinski definition) is 2. The van der Waals surface area contributed by atoms with E-state index in [1.807, 2.05) is 0 Å². The van der Waals surface area contributed by atoms with Gasteiger partial charge in [0.25, 0.3) is 0 Å². The predicted octanol–water partition coefficient (Wildman–Crippen LogP) is 3.50. The monoisotopic (exact) mass is 329 g/mol. The van der Waals surface area contributed by atoms with Gasteiger partial charge in [0.15, 0.2) is 0 Å². The third-order valence-corrected chi connectivity index (χ3v) is 5.51. The molecule has 1 aromatic carbocycles. The highest BCUT2D eigenvalue weighted by molar-refractivity contribution is 5.35. The maximum absolute atomic E-state index is 12.3. The predicted molar refractivity (Wildman–Crippen MR) is 80.0 cm³/mol. The number of halogens is 3. The summed E-state index contributed by atoms with van der Waals surface area (Å²) in [7, 11) is 0. The summed E-state index contributed by atoms with van der Waals surface area (Å²) in [6.45, 7) is 0. The van der Waals surface area contributed by atoms with Crippen molar-refractivity contribution in [3.8, 4) is 5.75 Å². The normalized spacial score (nSPS) is 28.2. The zero-order valence-corrected chi connectivity index (χ0v) is 12.9. The van der Waals surface area contributed by atoms with Crippen LogP contribution in [0.15, 0.2) is 24.3 Å². The summed E-state index contributed by atoms with van der Waals surface area (Å²) >= 11 is 0. The van der Waals surface area contributed by atoms with Crippen LogP contribution >= 0.6 is 0 Å². The molecule has 0 aromatic heterocycles. The van der Waals surface area contributed by atoms with E-state index in [2.05, 4.69) is 4.74 Å². The number of alkyl halides is 3. The van der Waals surface area contributed by atoms with E-state index in [0.717, 1.165) is 44.1 Å². The van der Waals surface area contributed by atoms with Gasteiger partial charge in [0.1, 0.15) is 5.75 Å². The first-order valence-corrected chi connectivity index (χ1v) is 8.12. The molecule has 23 heavy (non-hydrogen) atoms. The Balaban J connectivity index is 1.80. The molecule has 1 aromatic rings. The van der Waals surface area contributed by atoms with Crippen molar-refractivity contribution in [3.05, 3.63) is 29.8 Å². The second-order valence-electron chi connectivity index (χ2n) is 6.79. The van der Waals surface area contributed by atoms with Gasteiger partial charge in [-0.1, -0.05) is 25.0 Å². The fourth-order valence-electron chi connectivity index (χ4n) is 4.12. The summed E-state index contributed by atoms with van der Waals surface area (Å²) in [5.74, 6) is -0.163. The van der Waals surface area contributed by atoms with Crippen LogP contribution in [0.4, 0.5) is 13.2 Å². The van der Waals surface area contributed by atoms with Crippen LogP contribution in [0.1, 0.15) is 44.1 Å². The standard InChI is InChI=1S/C17H22F3NO2/c18-17(19,20)23-12-7-5-11(6-8-12)16(9-2-10-16)15(22)13-3-1-4-14(13)21/h5-8,13-15,22H,1-4,9-10,21H2/t13-,14-,15-/m1/s1. The highest BCUT2D eigenvalue weighted by atomic mass is 19.4. The quantitative estimate of drug-likeness (QED) is 0.889. The van der Waals surface area contributed by atoms with Crippen molar-refractivity contribution in [1.29, 1.82) is 0 Å². The Kier molecular flexibility index (Phi) is 4.31. The lowest BCUT2D eigenvalue weighted by molar-refractivity contribution is -0.274. The van der Waals surface area contributed by atoms with E-state index in [4.69, 9.17) is 5.73 Å². The Morgan fingerprint density at radius 2 is 1.78 bits per heavy atom. The Labute approximate surface area is 133 Å². The molecule has 2 fully saturated rings. The molecule has 0 saturated heterocycles. The smallest absolute Gasteiger partial charge is 0.406 e. The second-order valence-corrected chi connectivity index (χ2v) is 6.79. The summed E-state index contributed by atoms with van der Waals surface area (Å²) in [5.41, 5.74) is 6.63. The molecule has 0 radical (unpaired) electrons. The molecule has 2 aliphatic rings. The first kappa shape index (κ1) is 16.6. The average molecular weight is 329 g/mol. The van der Waals surface area contributed by atoms with Gasteiger partial charge in [-0.25, -0.2) is 0 Å². The largest absolute Gasteiger partial charge is 0.573 e. The van der Waals surface area contributed by atoms with Crippen molar-refractivity contribution in [2.24, 2.45) is 11.7 Å². The molecule has 3 nitrogen and oxygen atoms in total. The van der Waals surface area contributed by atoms with Crippen molar-refractivity contribution >= 4 is 0 Å². The van der Waals surface area contributed by atoms with E-state index in [-0.39, 0.29) is 23.1 Å². The molecule has 2 aliphatic carbocycles. The molecule has 0 spiro atoms. The van der Waals surface area contributed by atoms with Crippen LogP contribution in [0.2, 0.25) is 0 Å². The average Bonchev–Trinajstić information content (AvgIpc) is 2.84. The molecule has 2 saturated carbocycles. The van der Waals surface area contributed by atoms with Gasteiger partial charge < -0.3 is 15.6 Å². The van der Waals surface area contributed by atoms with Crippen molar-refractivity contribution in [3.63, 3.8) is 0 Å². The molecule has 128 valence electrons. The van der Waals surface area contributed by atoms with Crippen molar-refractivity contribution in [2.75, 3.05) is 0 Å². The lowest BCUT2D eigenvalue weighted by Gasteiger charge is -2.49. The first-order valence-electron chi connectivity index (χ1n) is 8.12. The van der Waals surface area contributed by atoms with E-state index in [1.165, 1.54) is 12.1 Å². The van der Waals surface area contributed by atoms with Crippen LogP contribution in [0, 0.1) is 5.92 Å². The van der Waals surface area contributed by atoms with Gasteiger partial charge >= 0.3 is 6.36 Å². The maximum Gasteiger partial charge on any atom is 0.573 e. The van der Waals surface area contributed by atoms with E-state index < -0.39 is 12.5 Å². The van der Waals surface area contributed by atoms with Gasteiger partial charge in [0.05, 0.1) is 6.10 Å². The molecule has 0 bridgehead atoms. The van der Waals surface area contributed by atoms with Crippen molar-refractivity contribution in [1.82, 2.24) is 0 Å². The summed E-state index contributed by atoms with van der Waals surface area (Å²) < 4.78 is 40.7. The molecule has 0 aliphatic heterocycles. The number of ether oxygens (including phenoxy) is 1. The van der Waals surface area contributed by atoms with Gasteiger partial charge in [-0.2, -0.15) is 0 Å². The third kappa shape index (κ3) is 3.19. The zero-order valence-electron chi connectivity index (χ0n) is 12.9. The molecule has 6 heteroatoms. The van der Waals surface area contributed by atoms with Crippen LogP contribution in [-0.4, -0.2) is 23.6 Å². The Bertz CT molecular complexity index is 540. The van der Waals surface area contributed by atoms with Crippen LogP contribution in [-0.2, 0) is 5.41 Å². The number of rotatable bonds is 4. The van der Waals surface area contributed by atoms with Crippen molar-refractivity contribution in [2.45, 2.75) is 62.4 Å². The summed E-state index contributed by atoms with van der Waals surface area (Å²) in [6, 6.07) is 5.94. The lowest BCUT2D eigenvalue weighted by Crippen LogP contribution is -2.51. The van der Waals surface area contributed by atoms with E-state index in [9.17, 15) is 18.3 Å². The number of benzene rings is 1. The minimum absolute atomic E-state index is 0.00955. The Morgan fingerprint density at radius 1 is 1.13 bits per heavy atom. The SMILES string of the molecule is N[C@@H]1CCC[C@H]1[C@@H](O)C1(c2ccc(OC(F)(F)F)cc2)CCC1. The van der Waals surface area contributed by atoms with Gasteiger partial charge in [-0.15, -0.1) is 13.2 Å². The molecular weight excluding hydrogens is 307 g/mol. The minimum atomic E-state index is -4.69. The molecule has 3 N–H and O–H groups in total. The van der Waals surface area contributed by atoms with E-state index in [1.54, 1.807) is 12.1 Å². The van der Waals surface area contributed by atoms with Crippen molar-refractivity contribution < 1.29 is 23.0 Å². The van der Waals surface area contributed by atoms with Crippen LogP contribution in [0.5, 0.6) is 5.75 Å².